The molecule has 1 heterocycles. The third kappa shape index (κ3) is 3.43. The van der Waals surface area contributed by atoms with Gasteiger partial charge in [0.05, 0.1) is 10.7 Å². The maximum atomic E-state index is 11.7. The summed E-state index contributed by atoms with van der Waals surface area (Å²) in [6.45, 7) is 2.53. The zero-order valence-electron chi connectivity index (χ0n) is 9.53. The van der Waals surface area contributed by atoms with Crippen molar-refractivity contribution in [2.24, 2.45) is 5.73 Å². The molecule has 3 N–H and O–H groups in total. The van der Waals surface area contributed by atoms with Crippen molar-refractivity contribution in [1.29, 1.82) is 0 Å². The van der Waals surface area contributed by atoms with E-state index >= 15 is 0 Å². The second kappa shape index (κ2) is 5.49. The molecule has 0 atom stereocenters. The predicted molar refractivity (Wildman–Crippen MR) is 69.1 cm³/mol. The van der Waals surface area contributed by atoms with Crippen LogP contribution in [0.15, 0.2) is 24.3 Å². The lowest BCUT2D eigenvalue weighted by molar-refractivity contribution is -0.116. The number of nitrogens with zero attached hydrogens (tertiary/aromatic N) is 1. The summed E-state index contributed by atoms with van der Waals surface area (Å²) >= 11 is 5.95. The average Bonchev–Trinajstić information content (AvgIpc) is 2.26. The topological polar surface area (TPSA) is 58.4 Å². The van der Waals surface area contributed by atoms with Crippen LogP contribution in [0.1, 0.15) is 6.42 Å². The van der Waals surface area contributed by atoms with Gasteiger partial charge in [-0.05, 0) is 12.1 Å². The standard InChI is InChI=1S/C12H16ClN3O/c13-10-3-1-2-4-11(10)15-12(17)5-6-16-7-9(14)8-16/h1-4,9H,5-8,14H2,(H,15,17). The van der Waals surface area contributed by atoms with Crippen LogP contribution in [0.5, 0.6) is 0 Å². The van der Waals surface area contributed by atoms with Crippen molar-refractivity contribution >= 4 is 23.2 Å². The molecule has 1 aromatic rings. The minimum atomic E-state index is -0.0152. The molecule has 2 rings (SSSR count). The van der Waals surface area contributed by atoms with Gasteiger partial charge in [-0.1, -0.05) is 23.7 Å². The highest BCUT2D eigenvalue weighted by Crippen LogP contribution is 2.20. The Hall–Kier alpha value is -1.10. The SMILES string of the molecule is NC1CN(CCC(=O)Nc2ccccc2Cl)C1. The fourth-order valence-corrected chi connectivity index (χ4v) is 2.01. The molecule has 4 nitrogen and oxygen atoms in total. The van der Waals surface area contributed by atoms with Crippen LogP contribution in [0.2, 0.25) is 5.02 Å². The fourth-order valence-electron chi connectivity index (χ4n) is 1.83. The van der Waals surface area contributed by atoms with Crippen molar-refractivity contribution in [3.8, 4) is 0 Å². The molecule has 0 radical (unpaired) electrons. The van der Waals surface area contributed by atoms with Crippen molar-refractivity contribution in [3.05, 3.63) is 29.3 Å². The molecule has 1 fully saturated rings. The maximum Gasteiger partial charge on any atom is 0.225 e. The second-order valence-corrected chi connectivity index (χ2v) is 4.70. The first kappa shape index (κ1) is 12.4. The lowest BCUT2D eigenvalue weighted by Crippen LogP contribution is -2.56. The first-order chi connectivity index (χ1) is 8.15. The minimum absolute atomic E-state index is 0.0152. The third-order valence-electron chi connectivity index (χ3n) is 2.79. The molecule has 0 spiro atoms. The molecule has 1 amide bonds. The van der Waals surface area contributed by atoms with Crippen LogP contribution in [-0.4, -0.2) is 36.5 Å². The highest BCUT2D eigenvalue weighted by molar-refractivity contribution is 6.33. The number of anilines is 1. The van der Waals surface area contributed by atoms with Gasteiger partial charge in [0, 0.05) is 32.1 Å². The maximum absolute atomic E-state index is 11.7. The van der Waals surface area contributed by atoms with Crippen molar-refractivity contribution < 1.29 is 4.79 Å². The number of carbonyl (C=O) groups is 1. The van der Waals surface area contributed by atoms with E-state index in [1.54, 1.807) is 12.1 Å². The molecule has 5 heteroatoms. The summed E-state index contributed by atoms with van der Waals surface area (Å²) in [5.41, 5.74) is 6.33. The van der Waals surface area contributed by atoms with Crippen LogP contribution in [0.25, 0.3) is 0 Å². The van der Waals surface area contributed by atoms with Crippen LogP contribution in [0.4, 0.5) is 5.69 Å². The smallest absolute Gasteiger partial charge is 0.225 e. The number of carbonyl (C=O) groups excluding carboxylic acids is 1. The van der Waals surface area contributed by atoms with E-state index in [9.17, 15) is 4.79 Å². The fraction of sp³-hybridized carbons (Fsp3) is 0.417. The number of para-hydroxylation sites is 1. The molecule has 1 saturated heterocycles. The van der Waals surface area contributed by atoms with E-state index < -0.39 is 0 Å². The molecule has 0 bridgehead atoms. The minimum Gasteiger partial charge on any atom is -0.325 e. The Kier molecular flexibility index (Phi) is 3.99. The Morgan fingerprint density at radius 2 is 2.18 bits per heavy atom. The first-order valence-corrected chi connectivity index (χ1v) is 6.05. The summed E-state index contributed by atoms with van der Waals surface area (Å²) in [7, 11) is 0. The Bertz CT molecular complexity index is 404. The molecule has 17 heavy (non-hydrogen) atoms. The van der Waals surface area contributed by atoms with E-state index in [0.29, 0.717) is 17.1 Å². The van der Waals surface area contributed by atoms with E-state index in [-0.39, 0.29) is 11.9 Å². The van der Waals surface area contributed by atoms with Gasteiger partial charge in [-0.25, -0.2) is 0 Å². The van der Waals surface area contributed by atoms with Crippen LogP contribution in [-0.2, 0) is 4.79 Å². The monoisotopic (exact) mass is 253 g/mol. The number of amides is 1. The number of hydrogen-bond acceptors (Lipinski definition) is 3. The molecule has 0 aromatic heterocycles. The van der Waals surface area contributed by atoms with Gasteiger partial charge >= 0.3 is 0 Å². The van der Waals surface area contributed by atoms with Gasteiger partial charge in [-0.2, -0.15) is 0 Å². The van der Waals surface area contributed by atoms with E-state index in [2.05, 4.69) is 10.2 Å². The summed E-state index contributed by atoms with van der Waals surface area (Å²) in [6, 6.07) is 7.50. The van der Waals surface area contributed by atoms with Crippen LogP contribution in [0, 0.1) is 0 Å². The van der Waals surface area contributed by atoms with Gasteiger partial charge in [0.2, 0.25) is 5.91 Å². The van der Waals surface area contributed by atoms with Crippen molar-refractivity contribution in [3.63, 3.8) is 0 Å². The zero-order chi connectivity index (χ0) is 12.3. The highest BCUT2D eigenvalue weighted by atomic mass is 35.5. The van der Waals surface area contributed by atoms with Gasteiger partial charge in [-0.15, -0.1) is 0 Å². The number of hydrogen-bond donors (Lipinski definition) is 2. The van der Waals surface area contributed by atoms with Crippen LogP contribution >= 0.6 is 11.6 Å². The number of benzene rings is 1. The molecule has 1 aliphatic rings. The molecule has 92 valence electrons. The number of nitrogens with two attached hydrogens (primary N) is 1. The van der Waals surface area contributed by atoms with Crippen LogP contribution < -0.4 is 11.1 Å². The molecular formula is C12H16ClN3O. The van der Waals surface area contributed by atoms with Crippen molar-refractivity contribution in [1.82, 2.24) is 4.90 Å². The zero-order valence-corrected chi connectivity index (χ0v) is 10.3. The first-order valence-electron chi connectivity index (χ1n) is 5.67. The molecule has 0 aliphatic carbocycles. The van der Waals surface area contributed by atoms with E-state index in [1.807, 2.05) is 12.1 Å². The summed E-state index contributed by atoms with van der Waals surface area (Å²) in [5.74, 6) is -0.0152. The van der Waals surface area contributed by atoms with E-state index in [0.717, 1.165) is 19.6 Å². The average molecular weight is 254 g/mol. The van der Waals surface area contributed by atoms with Crippen molar-refractivity contribution in [2.75, 3.05) is 25.0 Å². The largest absolute Gasteiger partial charge is 0.325 e. The molecule has 1 aliphatic heterocycles. The lowest BCUT2D eigenvalue weighted by atomic mass is 10.1. The van der Waals surface area contributed by atoms with Crippen LogP contribution in [0.3, 0.4) is 0 Å². The summed E-state index contributed by atoms with van der Waals surface area (Å²) < 4.78 is 0. The molecule has 0 saturated carbocycles. The van der Waals surface area contributed by atoms with Crippen molar-refractivity contribution in [2.45, 2.75) is 12.5 Å². The Morgan fingerprint density at radius 3 is 2.82 bits per heavy atom. The number of halogens is 1. The summed E-state index contributed by atoms with van der Waals surface area (Å²) in [4.78, 5) is 13.8. The van der Waals surface area contributed by atoms with Gasteiger partial charge in [0.1, 0.15) is 0 Å². The summed E-state index contributed by atoms with van der Waals surface area (Å²) in [6.07, 6.45) is 0.470. The van der Waals surface area contributed by atoms with Gasteiger partial charge in [-0.3, -0.25) is 9.69 Å². The van der Waals surface area contributed by atoms with Gasteiger partial charge in [0.25, 0.3) is 0 Å². The lowest BCUT2D eigenvalue weighted by Gasteiger charge is -2.36. The van der Waals surface area contributed by atoms with E-state index in [4.69, 9.17) is 17.3 Å². The normalized spacial score (nSPS) is 16.6. The third-order valence-corrected chi connectivity index (χ3v) is 3.12. The Balaban J connectivity index is 1.76. The second-order valence-electron chi connectivity index (χ2n) is 4.30. The quantitative estimate of drug-likeness (QED) is 0.851. The highest BCUT2D eigenvalue weighted by Gasteiger charge is 2.22. The number of likely N-dealkylation sites (tertiary alicyclic amines) is 1. The van der Waals surface area contributed by atoms with E-state index in [1.165, 1.54) is 0 Å². The number of nitrogens with one attached hydrogen (secondary N) is 1. The predicted octanol–water partition coefficient (Wildman–Crippen LogP) is 1.31. The Morgan fingerprint density at radius 1 is 1.47 bits per heavy atom. The molecule has 1 aromatic carbocycles. The molecular weight excluding hydrogens is 238 g/mol. The summed E-state index contributed by atoms with van der Waals surface area (Å²) in [5, 5.41) is 3.36. The van der Waals surface area contributed by atoms with Gasteiger partial charge in [0.15, 0.2) is 0 Å². The number of rotatable bonds is 4. The Labute approximate surface area is 106 Å². The molecule has 0 unspecified atom stereocenters. The van der Waals surface area contributed by atoms with Gasteiger partial charge < -0.3 is 11.1 Å².